The van der Waals surface area contributed by atoms with Crippen molar-refractivity contribution in [3.63, 3.8) is 0 Å². The number of benzene rings is 5. The van der Waals surface area contributed by atoms with Crippen LogP contribution in [0.4, 0.5) is 0 Å². The molecule has 0 N–H and O–H groups in total. The van der Waals surface area contributed by atoms with E-state index in [-0.39, 0.29) is 0 Å². The van der Waals surface area contributed by atoms with Crippen LogP contribution in [0, 0.1) is 0 Å². The van der Waals surface area contributed by atoms with Gasteiger partial charge < -0.3 is 4.74 Å². The third-order valence-electron chi connectivity index (χ3n) is 4.97. The van der Waals surface area contributed by atoms with Crippen molar-refractivity contribution in [2.24, 2.45) is 0 Å². The molecule has 5 aromatic rings. The van der Waals surface area contributed by atoms with Gasteiger partial charge in [-0.15, -0.1) is 0 Å². The summed E-state index contributed by atoms with van der Waals surface area (Å²) in [6.45, 7) is 0. The smallest absolute Gasteiger partial charge is 0.179 e. The van der Waals surface area contributed by atoms with Crippen molar-refractivity contribution in [3.8, 4) is 11.5 Å². The van der Waals surface area contributed by atoms with E-state index in [0.717, 1.165) is 11.5 Å². The van der Waals surface area contributed by atoms with Crippen LogP contribution in [0.5, 0.6) is 11.5 Å². The Labute approximate surface area is 132 Å². The second kappa shape index (κ2) is 3.82. The van der Waals surface area contributed by atoms with Crippen molar-refractivity contribution in [1.82, 2.24) is 0 Å². The van der Waals surface area contributed by atoms with E-state index in [2.05, 4.69) is 72.8 Å². The van der Waals surface area contributed by atoms with Crippen molar-refractivity contribution in [2.45, 2.75) is 0 Å². The maximum Gasteiger partial charge on any atom is 0.179 e. The van der Waals surface area contributed by atoms with Crippen LogP contribution in [0.3, 0.4) is 0 Å². The molecule has 1 heteroatoms. The van der Waals surface area contributed by atoms with E-state index in [0.29, 0.717) is 0 Å². The van der Waals surface area contributed by atoms with Gasteiger partial charge in [0.05, 0.1) is 0 Å². The van der Waals surface area contributed by atoms with Gasteiger partial charge in [-0.25, -0.2) is 0 Å². The van der Waals surface area contributed by atoms with Gasteiger partial charge in [0.15, 0.2) is 11.5 Å². The summed E-state index contributed by atoms with van der Waals surface area (Å²) >= 11 is 0. The van der Waals surface area contributed by atoms with Crippen LogP contribution >= 0.6 is 0 Å². The number of rotatable bonds is 0. The Morgan fingerprint density at radius 1 is 0.391 bits per heavy atom. The van der Waals surface area contributed by atoms with Crippen LogP contribution in [0.2, 0.25) is 0 Å². The summed E-state index contributed by atoms with van der Waals surface area (Å²) in [5.41, 5.74) is 0. The van der Waals surface area contributed by atoms with Crippen molar-refractivity contribution in [1.29, 1.82) is 0 Å². The molecule has 0 aromatic heterocycles. The molecule has 1 heterocycles. The molecule has 0 bridgehead atoms. The Balaban J connectivity index is 2.09. The standard InChI is InChI=1S/C22H12O/c1-3-9-15-13(7-1)14-8-2-4-10-16(14)20-19(15)17-11-5-6-12-18(17)21-22(20)23-21/h1-12H. The zero-order valence-electron chi connectivity index (χ0n) is 12.3. The molecule has 106 valence electrons. The molecule has 5 aromatic carbocycles. The molecule has 0 spiro atoms. The Kier molecular flexibility index (Phi) is 1.91. The molecule has 0 aliphatic carbocycles. The first-order valence-corrected chi connectivity index (χ1v) is 7.89. The third-order valence-corrected chi connectivity index (χ3v) is 4.97. The summed E-state index contributed by atoms with van der Waals surface area (Å²) in [7, 11) is 0. The van der Waals surface area contributed by atoms with Gasteiger partial charge >= 0.3 is 0 Å². The maximum atomic E-state index is 5.92. The summed E-state index contributed by atoms with van der Waals surface area (Å²) in [6, 6.07) is 25.9. The summed E-state index contributed by atoms with van der Waals surface area (Å²) in [5, 5.41) is 10.2. The fourth-order valence-electron chi connectivity index (χ4n) is 3.97. The summed E-state index contributed by atoms with van der Waals surface area (Å²) in [6.07, 6.45) is 0. The Morgan fingerprint density at radius 2 is 0.826 bits per heavy atom. The van der Waals surface area contributed by atoms with E-state index in [1.165, 1.54) is 43.1 Å². The number of hydrogen-bond acceptors (Lipinski definition) is 1. The highest BCUT2D eigenvalue weighted by atomic mass is 16.6. The van der Waals surface area contributed by atoms with Crippen molar-refractivity contribution in [3.05, 3.63) is 72.8 Å². The Bertz CT molecular complexity index is 1280. The molecule has 1 nitrogen and oxygen atoms in total. The highest BCUT2D eigenvalue weighted by Crippen LogP contribution is 2.58. The maximum absolute atomic E-state index is 5.92. The molecule has 0 radical (unpaired) electrons. The number of fused-ring (bicyclic) bond motifs is 11. The van der Waals surface area contributed by atoms with Gasteiger partial charge in [-0.2, -0.15) is 0 Å². The van der Waals surface area contributed by atoms with Crippen LogP contribution < -0.4 is 4.74 Å². The van der Waals surface area contributed by atoms with E-state index in [4.69, 9.17) is 4.74 Å². The molecule has 23 heavy (non-hydrogen) atoms. The fraction of sp³-hybridized carbons (Fsp3) is 0. The lowest BCUT2D eigenvalue weighted by Crippen LogP contribution is -1.82. The number of ether oxygens (including phenoxy) is 1. The molecule has 0 fully saturated rings. The highest BCUT2D eigenvalue weighted by molar-refractivity contribution is 6.35. The molecular weight excluding hydrogens is 280 g/mol. The summed E-state index contributed by atoms with van der Waals surface area (Å²) in [4.78, 5) is 0. The van der Waals surface area contributed by atoms with E-state index in [1.54, 1.807) is 0 Å². The van der Waals surface area contributed by atoms with E-state index in [1.807, 2.05) is 0 Å². The normalized spacial score (nSPS) is 12.7. The van der Waals surface area contributed by atoms with Gasteiger partial charge in [0.25, 0.3) is 0 Å². The lowest BCUT2D eigenvalue weighted by atomic mass is 9.91. The first-order chi connectivity index (χ1) is 11.4. The van der Waals surface area contributed by atoms with E-state index in [9.17, 15) is 0 Å². The molecule has 6 rings (SSSR count). The minimum atomic E-state index is 1.05. The van der Waals surface area contributed by atoms with Gasteiger partial charge in [-0.3, -0.25) is 0 Å². The molecule has 0 unspecified atom stereocenters. The van der Waals surface area contributed by atoms with Crippen molar-refractivity contribution in [2.75, 3.05) is 0 Å². The topological polar surface area (TPSA) is 12.5 Å². The molecule has 1 aliphatic rings. The Hall–Kier alpha value is -3.06. The third kappa shape index (κ3) is 1.33. The van der Waals surface area contributed by atoms with Gasteiger partial charge in [0, 0.05) is 16.2 Å². The van der Waals surface area contributed by atoms with Crippen LogP contribution in [0.25, 0.3) is 43.1 Å². The predicted octanol–water partition coefficient (Wildman–Crippen LogP) is 6.41. The average Bonchev–Trinajstić information content (AvgIpc) is 3.42. The monoisotopic (exact) mass is 292 g/mol. The second-order valence-electron chi connectivity index (χ2n) is 6.15. The lowest BCUT2D eigenvalue weighted by molar-refractivity contribution is 0.657. The molecule has 0 amide bonds. The van der Waals surface area contributed by atoms with Gasteiger partial charge in [-0.05, 0) is 26.9 Å². The van der Waals surface area contributed by atoms with Gasteiger partial charge in [0.2, 0.25) is 0 Å². The largest absolute Gasteiger partial charge is 0.448 e. The highest BCUT2D eigenvalue weighted by Gasteiger charge is 2.30. The Morgan fingerprint density at radius 3 is 1.43 bits per heavy atom. The molecule has 1 aliphatic heterocycles. The van der Waals surface area contributed by atoms with Gasteiger partial charge in [-0.1, -0.05) is 72.8 Å². The molecule has 0 atom stereocenters. The van der Waals surface area contributed by atoms with Crippen molar-refractivity contribution < 1.29 is 4.74 Å². The first-order valence-electron chi connectivity index (χ1n) is 7.89. The van der Waals surface area contributed by atoms with Crippen LogP contribution in [-0.4, -0.2) is 0 Å². The molecule has 0 saturated carbocycles. The van der Waals surface area contributed by atoms with Crippen LogP contribution in [-0.2, 0) is 0 Å². The average molecular weight is 292 g/mol. The van der Waals surface area contributed by atoms with Crippen LogP contribution in [0.1, 0.15) is 0 Å². The lowest BCUT2D eigenvalue weighted by Gasteiger charge is -2.10. The minimum absolute atomic E-state index is 1.05. The van der Waals surface area contributed by atoms with Gasteiger partial charge in [0.1, 0.15) is 0 Å². The predicted molar refractivity (Wildman–Crippen MR) is 96.5 cm³/mol. The molecular formula is C22H12O. The number of hydrogen-bond donors (Lipinski definition) is 0. The zero-order chi connectivity index (χ0) is 15.0. The SMILES string of the molecule is c1ccc2c(c1)c1c(c3c4ccccc4c4ccccc4c23)O1. The molecule has 0 saturated heterocycles. The van der Waals surface area contributed by atoms with E-state index < -0.39 is 0 Å². The zero-order valence-corrected chi connectivity index (χ0v) is 12.3. The summed E-state index contributed by atoms with van der Waals surface area (Å²) in [5.74, 6) is 2.11. The summed E-state index contributed by atoms with van der Waals surface area (Å²) < 4.78 is 5.92. The fourth-order valence-corrected chi connectivity index (χ4v) is 3.97. The quantitative estimate of drug-likeness (QED) is 0.233. The van der Waals surface area contributed by atoms with Crippen LogP contribution in [0.15, 0.2) is 72.8 Å². The van der Waals surface area contributed by atoms with Crippen molar-refractivity contribution >= 4 is 43.1 Å². The first kappa shape index (κ1) is 11.5. The second-order valence-corrected chi connectivity index (χ2v) is 6.15. The minimum Gasteiger partial charge on any atom is -0.448 e. The van der Waals surface area contributed by atoms with E-state index >= 15 is 0 Å².